The highest BCUT2D eigenvalue weighted by Gasteiger charge is 2.36. The normalized spacial score (nSPS) is 24.0. The van der Waals surface area contributed by atoms with Crippen molar-refractivity contribution < 1.29 is 4.79 Å². The summed E-state index contributed by atoms with van der Waals surface area (Å²) < 4.78 is 1.56. The predicted molar refractivity (Wildman–Crippen MR) is 94.1 cm³/mol. The van der Waals surface area contributed by atoms with E-state index in [4.69, 9.17) is 0 Å². The Balaban J connectivity index is 1.61. The average molecular weight is 325 g/mol. The van der Waals surface area contributed by atoms with E-state index in [0.29, 0.717) is 5.56 Å². The lowest BCUT2D eigenvalue weighted by Gasteiger charge is -2.44. The van der Waals surface area contributed by atoms with Crippen LogP contribution >= 0.6 is 0 Å². The van der Waals surface area contributed by atoms with Gasteiger partial charge in [-0.1, -0.05) is 12.2 Å². The van der Waals surface area contributed by atoms with Gasteiger partial charge in [0.2, 0.25) is 0 Å². The maximum atomic E-state index is 13.0. The van der Waals surface area contributed by atoms with Crippen LogP contribution in [0.3, 0.4) is 0 Å². The van der Waals surface area contributed by atoms with Crippen molar-refractivity contribution in [2.24, 2.45) is 12.5 Å². The largest absolute Gasteiger partial charge is 0.338 e. The van der Waals surface area contributed by atoms with Crippen molar-refractivity contribution >= 4 is 16.9 Å². The molecule has 1 unspecified atom stereocenters. The molecule has 4 rings (SSSR count). The third-order valence-electron chi connectivity index (χ3n) is 5.66. The molecule has 2 aliphatic rings. The first-order valence-electron chi connectivity index (χ1n) is 8.71. The van der Waals surface area contributed by atoms with Crippen LogP contribution in [0, 0.1) is 5.41 Å². The van der Waals surface area contributed by atoms with Crippen LogP contribution in [-0.2, 0) is 7.05 Å². The van der Waals surface area contributed by atoms with E-state index in [0.717, 1.165) is 43.4 Å². The Bertz CT molecular complexity index is 876. The molecule has 24 heavy (non-hydrogen) atoms. The SMILES string of the molecule is Cn1c(=O)[nH]c2cc(C(=O)N3CCCC4(CC=CCC4)C3)ccc21. The van der Waals surface area contributed by atoms with Crippen LogP contribution in [0.2, 0.25) is 0 Å². The number of fused-ring (bicyclic) bond motifs is 1. The molecule has 1 atom stereocenters. The zero-order valence-corrected chi connectivity index (χ0v) is 14.0. The first kappa shape index (κ1) is 15.2. The molecule has 1 aliphatic heterocycles. The Morgan fingerprint density at radius 3 is 2.92 bits per heavy atom. The molecule has 2 aromatic rings. The second-order valence-corrected chi connectivity index (χ2v) is 7.27. The van der Waals surface area contributed by atoms with E-state index in [1.807, 2.05) is 17.0 Å². The van der Waals surface area contributed by atoms with E-state index in [-0.39, 0.29) is 17.0 Å². The van der Waals surface area contributed by atoms with Crippen LogP contribution in [0.5, 0.6) is 0 Å². The number of nitrogens with one attached hydrogen (secondary N) is 1. The second kappa shape index (κ2) is 5.65. The molecule has 1 spiro atoms. The summed E-state index contributed by atoms with van der Waals surface area (Å²) in [6.07, 6.45) is 10.2. The van der Waals surface area contributed by atoms with Crippen molar-refractivity contribution in [1.82, 2.24) is 14.5 Å². The third-order valence-corrected chi connectivity index (χ3v) is 5.66. The number of hydrogen-bond acceptors (Lipinski definition) is 2. The molecule has 1 aromatic heterocycles. The van der Waals surface area contributed by atoms with Gasteiger partial charge in [-0.25, -0.2) is 4.79 Å². The molecule has 1 aliphatic carbocycles. The number of amides is 1. The number of piperidine rings is 1. The summed E-state index contributed by atoms with van der Waals surface area (Å²) in [5.41, 5.74) is 2.33. The zero-order valence-electron chi connectivity index (χ0n) is 14.0. The van der Waals surface area contributed by atoms with E-state index in [1.54, 1.807) is 17.7 Å². The number of allylic oxidation sites excluding steroid dienone is 2. The lowest BCUT2D eigenvalue weighted by atomic mass is 9.71. The van der Waals surface area contributed by atoms with Crippen LogP contribution in [-0.4, -0.2) is 33.4 Å². The van der Waals surface area contributed by atoms with Gasteiger partial charge >= 0.3 is 5.69 Å². The van der Waals surface area contributed by atoms with E-state index in [1.165, 1.54) is 12.8 Å². The number of likely N-dealkylation sites (tertiary alicyclic amines) is 1. The Morgan fingerprint density at radius 1 is 1.25 bits per heavy atom. The number of imidazole rings is 1. The molecular formula is C19H23N3O2. The molecule has 126 valence electrons. The predicted octanol–water partition coefficient (Wildman–Crippen LogP) is 2.83. The van der Waals surface area contributed by atoms with Crippen LogP contribution in [0.4, 0.5) is 0 Å². The highest BCUT2D eigenvalue weighted by molar-refractivity contribution is 5.97. The number of aryl methyl sites for hydroxylation is 1. The molecule has 1 saturated heterocycles. The number of carbonyl (C=O) groups excluding carboxylic acids is 1. The number of aromatic amines is 1. The first-order chi connectivity index (χ1) is 11.6. The number of benzene rings is 1. The molecule has 0 radical (unpaired) electrons. The number of rotatable bonds is 1. The average Bonchev–Trinajstić information content (AvgIpc) is 2.89. The maximum absolute atomic E-state index is 13.0. The molecule has 5 heteroatoms. The molecule has 0 bridgehead atoms. The minimum atomic E-state index is -0.152. The smallest absolute Gasteiger partial charge is 0.326 e. The Kier molecular flexibility index (Phi) is 3.59. The van der Waals surface area contributed by atoms with E-state index in [2.05, 4.69) is 17.1 Å². The monoisotopic (exact) mass is 325 g/mol. The molecule has 1 fully saturated rings. The third kappa shape index (κ3) is 2.48. The fourth-order valence-electron chi connectivity index (χ4n) is 4.25. The van der Waals surface area contributed by atoms with Crippen molar-refractivity contribution in [2.45, 2.75) is 32.1 Å². The minimum Gasteiger partial charge on any atom is -0.338 e. The quantitative estimate of drug-likeness (QED) is 0.820. The van der Waals surface area contributed by atoms with Crippen LogP contribution < -0.4 is 5.69 Å². The lowest BCUT2D eigenvalue weighted by molar-refractivity contribution is 0.0484. The van der Waals surface area contributed by atoms with Gasteiger partial charge in [0.1, 0.15) is 0 Å². The molecule has 1 aromatic carbocycles. The lowest BCUT2D eigenvalue weighted by Crippen LogP contribution is -2.46. The number of aromatic nitrogens is 2. The summed E-state index contributed by atoms with van der Waals surface area (Å²) in [5.74, 6) is 0.0789. The van der Waals surface area contributed by atoms with Crippen molar-refractivity contribution in [1.29, 1.82) is 0 Å². The Labute approximate surface area is 141 Å². The van der Waals surface area contributed by atoms with Crippen molar-refractivity contribution in [2.75, 3.05) is 13.1 Å². The van der Waals surface area contributed by atoms with E-state index in [9.17, 15) is 9.59 Å². The van der Waals surface area contributed by atoms with E-state index >= 15 is 0 Å². The van der Waals surface area contributed by atoms with Crippen LogP contribution in [0.1, 0.15) is 42.5 Å². The highest BCUT2D eigenvalue weighted by Crippen LogP contribution is 2.41. The van der Waals surface area contributed by atoms with Crippen molar-refractivity contribution in [3.63, 3.8) is 0 Å². The van der Waals surface area contributed by atoms with Gasteiger partial charge in [0, 0.05) is 25.7 Å². The zero-order chi connectivity index (χ0) is 16.7. The molecule has 1 amide bonds. The van der Waals surface area contributed by atoms with Crippen molar-refractivity contribution in [3.05, 3.63) is 46.4 Å². The number of carbonyl (C=O) groups is 1. The maximum Gasteiger partial charge on any atom is 0.326 e. The van der Waals surface area contributed by atoms with Gasteiger partial charge in [0.15, 0.2) is 0 Å². The fourth-order valence-corrected chi connectivity index (χ4v) is 4.25. The fraction of sp³-hybridized carbons (Fsp3) is 0.474. The van der Waals surface area contributed by atoms with Crippen LogP contribution in [0.15, 0.2) is 35.1 Å². The molecule has 0 saturated carbocycles. The standard InChI is InChI=1S/C19H23N3O2/c1-21-16-7-6-14(12-15(16)20-18(21)24)17(23)22-11-5-10-19(13-22)8-3-2-4-9-19/h2-3,6-7,12H,4-5,8-11,13H2,1H3,(H,20,24). The van der Waals surface area contributed by atoms with Crippen molar-refractivity contribution in [3.8, 4) is 0 Å². The molecule has 1 N–H and O–H groups in total. The number of nitrogens with zero attached hydrogens (tertiary/aromatic N) is 2. The topological polar surface area (TPSA) is 58.1 Å². The molecule has 2 heterocycles. The Hall–Kier alpha value is -2.30. The summed E-state index contributed by atoms with van der Waals surface area (Å²) in [5, 5.41) is 0. The molecular weight excluding hydrogens is 302 g/mol. The van der Waals surface area contributed by atoms with Gasteiger partial charge in [-0.3, -0.25) is 9.36 Å². The van der Waals surface area contributed by atoms with Gasteiger partial charge in [-0.2, -0.15) is 0 Å². The van der Waals surface area contributed by atoms with Gasteiger partial charge in [0.05, 0.1) is 11.0 Å². The van der Waals surface area contributed by atoms with Gasteiger partial charge in [-0.15, -0.1) is 0 Å². The summed E-state index contributed by atoms with van der Waals surface area (Å²) in [7, 11) is 1.73. The second-order valence-electron chi connectivity index (χ2n) is 7.27. The van der Waals surface area contributed by atoms with E-state index < -0.39 is 0 Å². The Morgan fingerprint density at radius 2 is 2.12 bits per heavy atom. The van der Waals surface area contributed by atoms with Gasteiger partial charge in [-0.05, 0) is 55.7 Å². The summed E-state index contributed by atoms with van der Waals surface area (Å²) >= 11 is 0. The summed E-state index contributed by atoms with van der Waals surface area (Å²) in [6, 6.07) is 5.49. The van der Waals surface area contributed by atoms with Crippen LogP contribution in [0.25, 0.3) is 11.0 Å². The number of hydrogen-bond donors (Lipinski definition) is 1. The first-order valence-corrected chi connectivity index (χ1v) is 8.71. The molecule has 5 nitrogen and oxygen atoms in total. The summed E-state index contributed by atoms with van der Waals surface area (Å²) in [4.78, 5) is 29.5. The number of H-pyrrole nitrogens is 1. The van der Waals surface area contributed by atoms with Gasteiger partial charge < -0.3 is 9.88 Å². The highest BCUT2D eigenvalue weighted by atomic mass is 16.2. The minimum absolute atomic E-state index is 0.0789. The summed E-state index contributed by atoms with van der Waals surface area (Å²) in [6.45, 7) is 1.67. The van der Waals surface area contributed by atoms with Gasteiger partial charge in [0.25, 0.3) is 5.91 Å².